The fourth-order valence-electron chi connectivity index (χ4n) is 5.26. The van der Waals surface area contributed by atoms with E-state index in [1.165, 1.54) is 24.3 Å². The summed E-state index contributed by atoms with van der Waals surface area (Å²) in [5, 5.41) is 13.4. The van der Waals surface area contributed by atoms with Gasteiger partial charge in [0.1, 0.15) is 5.52 Å². The molecule has 2 saturated heterocycles. The van der Waals surface area contributed by atoms with Crippen LogP contribution in [0.1, 0.15) is 23.2 Å². The number of carbonyl (C=O) groups excluding carboxylic acids is 1. The zero-order valence-electron chi connectivity index (χ0n) is 23.4. The lowest BCUT2D eigenvalue weighted by atomic mass is 10.1. The molecule has 4 aromatic rings. The van der Waals surface area contributed by atoms with Crippen molar-refractivity contribution in [1.29, 1.82) is 0 Å². The first-order valence-corrected chi connectivity index (χ1v) is 16.2. The molecule has 0 bridgehead atoms. The molecule has 226 valence electrons. The van der Waals surface area contributed by atoms with Crippen LogP contribution in [0.4, 0.5) is 17.2 Å². The number of sulfone groups is 1. The molecule has 0 spiro atoms. The topological polar surface area (TPSA) is 133 Å². The first-order valence-electron chi connectivity index (χ1n) is 14.0. The smallest absolute Gasteiger partial charge is 0.259 e. The van der Waals surface area contributed by atoms with E-state index in [4.69, 9.17) is 27.9 Å². The van der Waals surface area contributed by atoms with Gasteiger partial charge in [0.2, 0.25) is 9.84 Å². The number of benzene rings is 2. The van der Waals surface area contributed by atoms with E-state index in [0.717, 1.165) is 44.7 Å². The number of pyridine rings is 1. The number of anilines is 3. The highest BCUT2D eigenvalue weighted by Gasteiger charge is 2.26. The third-order valence-electron chi connectivity index (χ3n) is 7.77. The summed E-state index contributed by atoms with van der Waals surface area (Å²) in [4.78, 5) is 22.5. The first-order chi connectivity index (χ1) is 20.7. The molecule has 14 heteroatoms. The second kappa shape index (κ2) is 12.3. The molecule has 4 heterocycles. The van der Waals surface area contributed by atoms with Gasteiger partial charge in [0, 0.05) is 61.8 Å². The molecule has 0 atom stereocenters. The zero-order chi connectivity index (χ0) is 30.1. The number of fused-ring (bicyclic) bond motifs is 1. The molecule has 2 aliphatic heterocycles. The van der Waals surface area contributed by atoms with Crippen molar-refractivity contribution >= 4 is 67.2 Å². The monoisotopic (exact) mass is 643 g/mol. The molecule has 6 rings (SSSR count). The van der Waals surface area contributed by atoms with Gasteiger partial charge in [-0.05, 0) is 68.4 Å². The van der Waals surface area contributed by atoms with Crippen LogP contribution in [0.2, 0.25) is 10.0 Å². The van der Waals surface area contributed by atoms with Crippen molar-refractivity contribution in [3.8, 4) is 0 Å². The molecular formula is C29H31Cl2N7O4S. The van der Waals surface area contributed by atoms with Gasteiger partial charge in [0.05, 0.1) is 21.0 Å². The summed E-state index contributed by atoms with van der Waals surface area (Å²) in [5.41, 5.74) is 2.85. The highest BCUT2D eigenvalue weighted by molar-refractivity contribution is 7.91. The van der Waals surface area contributed by atoms with Crippen LogP contribution in [0.5, 0.6) is 0 Å². The van der Waals surface area contributed by atoms with E-state index < -0.39 is 15.7 Å². The number of carbonyl (C=O) groups is 1. The minimum atomic E-state index is -4.11. The Morgan fingerprint density at radius 3 is 2.56 bits per heavy atom. The van der Waals surface area contributed by atoms with Crippen LogP contribution in [-0.4, -0.2) is 86.9 Å². The maximum Gasteiger partial charge on any atom is 0.259 e. The molecular weight excluding hydrogens is 613 g/mol. The van der Waals surface area contributed by atoms with Gasteiger partial charge in [-0.2, -0.15) is 5.10 Å². The standard InChI is InChI=1S/C29H31Cl2N7O4S/c1-37-10-12-38(13-11-37)20-3-4-21(24(17-20)32-19-8-14-42-15-9-19)29(39)34-28-27-23(35-36-28)6-7-26(33-27)43(40,41)25-16-18(30)2-5-22(25)31/h2-7,16-17,19,32H,8-15H2,1H3,(H2,34,35,36,39). The third-order valence-corrected chi connectivity index (χ3v) is 10.1. The lowest BCUT2D eigenvalue weighted by molar-refractivity contribution is 0.0904. The number of likely N-dealkylation sites (N-methyl/N-ethyl adjacent to an activating group) is 1. The Hall–Kier alpha value is -3.42. The van der Waals surface area contributed by atoms with E-state index >= 15 is 0 Å². The Bertz CT molecular complexity index is 1770. The summed E-state index contributed by atoms with van der Waals surface area (Å²) in [5.74, 6) is -0.296. The van der Waals surface area contributed by atoms with Crippen molar-refractivity contribution in [3.63, 3.8) is 0 Å². The van der Waals surface area contributed by atoms with Gasteiger partial charge in [-0.3, -0.25) is 9.89 Å². The van der Waals surface area contributed by atoms with Gasteiger partial charge in [-0.25, -0.2) is 13.4 Å². The van der Waals surface area contributed by atoms with Crippen molar-refractivity contribution in [2.24, 2.45) is 0 Å². The zero-order valence-corrected chi connectivity index (χ0v) is 25.8. The molecule has 43 heavy (non-hydrogen) atoms. The summed E-state index contributed by atoms with van der Waals surface area (Å²) in [7, 11) is -2.00. The molecule has 3 N–H and O–H groups in total. The molecule has 2 aliphatic rings. The number of piperazine rings is 1. The van der Waals surface area contributed by atoms with E-state index in [-0.39, 0.29) is 37.3 Å². The van der Waals surface area contributed by atoms with Gasteiger partial charge >= 0.3 is 0 Å². The van der Waals surface area contributed by atoms with Crippen LogP contribution >= 0.6 is 23.2 Å². The molecule has 0 saturated carbocycles. The SMILES string of the molecule is CN1CCN(c2ccc(C(=O)Nc3n[nH]c4ccc(S(=O)(=O)c5cc(Cl)ccc5Cl)nc34)c(NC3CCOCC3)c2)CC1. The summed E-state index contributed by atoms with van der Waals surface area (Å²) in [6.45, 7) is 5.04. The van der Waals surface area contributed by atoms with Gasteiger partial charge in [0.15, 0.2) is 10.8 Å². The molecule has 2 fully saturated rings. The first kappa shape index (κ1) is 29.6. The Balaban J connectivity index is 1.30. The number of H-pyrrole nitrogens is 1. The lowest BCUT2D eigenvalue weighted by Gasteiger charge is -2.34. The van der Waals surface area contributed by atoms with E-state index in [1.54, 1.807) is 6.07 Å². The van der Waals surface area contributed by atoms with E-state index in [1.807, 2.05) is 18.2 Å². The second-order valence-electron chi connectivity index (χ2n) is 10.7. The number of hydrogen-bond acceptors (Lipinski definition) is 9. The number of ether oxygens (including phenoxy) is 1. The minimum Gasteiger partial charge on any atom is -0.381 e. The minimum absolute atomic E-state index is 0.0246. The van der Waals surface area contributed by atoms with Crippen LogP contribution in [0, 0.1) is 0 Å². The Morgan fingerprint density at radius 1 is 1.02 bits per heavy atom. The molecule has 0 radical (unpaired) electrons. The molecule has 2 aromatic carbocycles. The normalized spacial score (nSPS) is 16.9. The van der Waals surface area contributed by atoms with Crippen LogP contribution in [0.25, 0.3) is 11.0 Å². The number of nitrogens with zero attached hydrogens (tertiary/aromatic N) is 4. The molecule has 0 aliphatic carbocycles. The van der Waals surface area contributed by atoms with Crippen molar-refractivity contribution in [3.05, 3.63) is 64.1 Å². The predicted molar refractivity (Wildman–Crippen MR) is 167 cm³/mol. The number of halogens is 2. The highest BCUT2D eigenvalue weighted by Crippen LogP contribution is 2.32. The average molecular weight is 645 g/mol. The third kappa shape index (κ3) is 6.29. The quantitative estimate of drug-likeness (QED) is 0.262. The second-order valence-corrected chi connectivity index (χ2v) is 13.4. The maximum atomic E-state index is 13.7. The fourth-order valence-corrected chi connectivity index (χ4v) is 7.21. The Morgan fingerprint density at radius 2 is 1.79 bits per heavy atom. The van der Waals surface area contributed by atoms with Crippen LogP contribution in [-0.2, 0) is 14.6 Å². The van der Waals surface area contributed by atoms with Crippen LogP contribution in [0.15, 0.2) is 58.5 Å². The fraction of sp³-hybridized carbons (Fsp3) is 0.345. The number of rotatable bonds is 7. The van der Waals surface area contributed by atoms with E-state index in [9.17, 15) is 13.2 Å². The molecule has 1 amide bonds. The number of aromatic amines is 1. The summed E-state index contributed by atoms with van der Waals surface area (Å²) < 4.78 is 32.3. The maximum absolute atomic E-state index is 13.7. The van der Waals surface area contributed by atoms with Gasteiger partial charge in [-0.1, -0.05) is 23.2 Å². The summed E-state index contributed by atoms with van der Waals surface area (Å²) >= 11 is 12.2. The number of hydrogen-bond donors (Lipinski definition) is 3. The average Bonchev–Trinajstić information content (AvgIpc) is 3.41. The van der Waals surface area contributed by atoms with Crippen LogP contribution in [0.3, 0.4) is 0 Å². The Kier molecular flexibility index (Phi) is 8.47. The van der Waals surface area contributed by atoms with Crippen molar-refractivity contribution in [2.75, 3.05) is 62.0 Å². The molecule has 2 aromatic heterocycles. The van der Waals surface area contributed by atoms with Crippen molar-refractivity contribution in [1.82, 2.24) is 20.1 Å². The number of amides is 1. The van der Waals surface area contributed by atoms with Crippen molar-refractivity contribution < 1.29 is 17.9 Å². The predicted octanol–water partition coefficient (Wildman–Crippen LogP) is 4.69. The van der Waals surface area contributed by atoms with Gasteiger partial charge < -0.3 is 25.2 Å². The largest absolute Gasteiger partial charge is 0.381 e. The van der Waals surface area contributed by atoms with Gasteiger partial charge in [-0.15, -0.1) is 0 Å². The molecule has 11 nitrogen and oxygen atoms in total. The number of nitrogens with one attached hydrogen (secondary N) is 3. The van der Waals surface area contributed by atoms with Crippen molar-refractivity contribution in [2.45, 2.75) is 28.8 Å². The summed E-state index contributed by atoms with van der Waals surface area (Å²) in [6, 6.07) is 13.1. The lowest BCUT2D eigenvalue weighted by Crippen LogP contribution is -2.44. The van der Waals surface area contributed by atoms with E-state index in [0.29, 0.717) is 30.0 Å². The van der Waals surface area contributed by atoms with Crippen LogP contribution < -0.4 is 15.5 Å². The number of aromatic nitrogens is 3. The molecule has 0 unspecified atom stereocenters. The highest BCUT2D eigenvalue weighted by atomic mass is 35.5. The summed E-state index contributed by atoms with van der Waals surface area (Å²) in [6.07, 6.45) is 1.67. The van der Waals surface area contributed by atoms with Gasteiger partial charge in [0.25, 0.3) is 5.91 Å². The Labute approximate surface area is 259 Å². The van der Waals surface area contributed by atoms with E-state index in [2.05, 4.69) is 42.7 Å².